The fourth-order valence-electron chi connectivity index (χ4n) is 2.68. The number of esters is 1. The first kappa shape index (κ1) is 20.3. The van der Waals surface area contributed by atoms with Crippen molar-refractivity contribution in [1.29, 1.82) is 0 Å². The molecule has 1 aromatic rings. The van der Waals surface area contributed by atoms with Gasteiger partial charge in [0, 0.05) is 30.8 Å². The second-order valence-corrected chi connectivity index (χ2v) is 6.21. The summed E-state index contributed by atoms with van der Waals surface area (Å²) in [4.78, 5) is 47.4. The molecule has 1 fully saturated rings. The predicted octanol–water partition coefficient (Wildman–Crippen LogP) is 0.504. The number of amides is 2. The van der Waals surface area contributed by atoms with E-state index in [1.807, 2.05) is 13.8 Å². The van der Waals surface area contributed by atoms with Gasteiger partial charge in [0.05, 0.1) is 17.1 Å². The monoisotopic (exact) mass is 379 g/mol. The van der Waals surface area contributed by atoms with Crippen LogP contribution in [0.1, 0.15) is 24.2 Å². The first-order valence-corrected chi connectivity index (χ1v) is 8.37. The van der Waals surface area contributed by atoms with Crippen LogP contribution in [-0.4, -0.2) is 66.1 Å². The minimum Gasteiger partial charge on any atom is -0.454 e. The lowest BCUT2D eigenvalue weighted by molar-refractivity contribution is -0.384. The predicted molar refractivity (Wildman–Crippen MR) is 93.0 cm³/mol. The smallest absolute Gasteiger partial charge is 0.325 e. The van der Waals surface area contributed by atoms with Crippen LogP contribution in [0.2, 0.25) is 0 Å². The van der Waals surface area contributed by atoms with E-state index in [0.717, 1.165) is 6.07 Å². The van der Waals surface area contributed by atoms with E-state index in [0.29, 0.717) is 13.1 Å². The van der Waals surface area contributed by atoms with Gasteiger partial charge in [0.2, 0.25) is 0 Å². The number of carbonyl (C=O) groups is 3. The highest BCUT2D eigenvalue weighted by molar-refractivity contribution is 5.96. The molecule has 0 spiro atoms. The number of ether oxygens (including phenoxy) is 2. The van der Waals surface area contributed by atoms with Crippen molar-refractivity contribution < 1.29 is 28.8 Å². The molecule has 2 rings (SSSR count). The lowest BCUT2D eigenvalue weighted by Gasteiger charge is -2.35. The number of nitrogens with zero attached hydrogens (tertiary/aromatic N) is 2. The molecule has 2 amide bonds. The van der Waals surface area contributed by atoms with Crippen LogP contribution in [0.5, 0.6) is 0 Å². The number of nitrogens with one attached hydrogen (secondary N) is 1. The Balaban J connectivity index is 1.77. The van der Waals surface area contributed by atoms with Gasteiger partial charge >= 0.3 is 5.97 Å². The second kappa shape index (κ2) is 9.08. The Bertz CT molecular complexity index is 727. The van der Waals surface area contributed by atoms with Crippen molar-refractivity contribution in [3.63, 3.8) is 0 Å². The molecule has 1 N–H and O–H groups in total. The van der Waals surface area contributed by atoms with Gasteiger partial charge in [-0.05, 0) is 19.9 Å². The van der Waals surface area contributed by atoms with E-state index < -0.39 is 30.0 Å². The van der Waals surface area contributed by atoms with Crippen LogP contribution in [0, 0.1) is 10.1 Å². The fourth-order valence-corrected chi connectivity index (χ4v) is 2.68. The van der Waals surface area contributed by atoms with Gasteiger partial charge in [-0.25, -0.2) is 0 Å². The van der Waals surface area contributed by atoms with Crippen molar-refractivity contribution in [2.75, 3.05) is 26.2 Å². The van der Waals surface area contributed by atoms with Crippen LogP contribution in [-0.2, 0) is 19.1 Å². The van der Waals surface area contributed by atoms with E-state index >= 15 is 0 Å². The molecule has 1 aliphatic heterocycles. The van der Waals surface area contributed by atoms with Crippen LogP contribution in [0.4, 0.5) is 5.69 Å². The summed E-state index contributed by atoms with van der Waals surface area (Å²) in [6.45, 7) is 3.67. The van der Waals surface area contributed by atoms with Crippen molar-refractivity contribution in [3.05, 3.63) is 39.9 Å². The van der Waals surface area contributed by atoms with Gasteiger partial charge in [-0.1, -0.05) is 6.07 Å². The van der Waals surface area contributed by atoms with E-state index in [4.69, 9.17) is 9.47 Å². The first-order chi connectivity index (χ1) is 12.8. The summed E-state index contributed by atoms with van der Waals surface area (Å²) in [6, 6.07) is 5.11. The SMILES string of the molecule is C[C@H]1CN(C(=O)COC(=O)CNC(=O)c2cccc([N+](=O)[O-])c2)C[C@H](C)O1. The normalized spacial score (nSPS) is 19.3. The summed E-state index contributed by atoms with van der Waals surface area (Å²) in [5.74, 6) is -1.77. The van der Waals surface area contributed by atoms with Crippen molar-refractivity contribution in [2.45, 2.75) is 26.1 Å². The van der Waals surface area contributed by atoms with Crippen LogP contribution >= 0.6 is 0 Å². The summed E-state index contributed by atoms with van der Waals surface area (Å²) in [5, 5.41) is 13.0. The zero-order chi connectivity index (χ0) is 20.0. The number of nitro groups is 1. The van der Waals surface area contributed by atoms with E-state index in [1.54, 1.807) is 4.90 Å². The molecule has 0 radical (unpaired) electrons. The molecule has 10 nitrogen and oxygen atoms in total. The number of hydrogen-bond donors (Lipinski definition) is 1. The third-order valence-corrected chi connectivity index (χ3v) is 3.84. The van der Waals surface area contributed by atoms with Crippen LogP contribution in [0.15, 0.2) is 24.3 Å². The zero-order valence-corrected chi connectivity index (χ0v) is 15.0. The summed E-state index contributed by atoms with van der Waals surface area (Å²) in [6.07, 6.45) is -0.190. The molecular formula is C17H21N3O7. The fraction of sp³-hybridized carbons (Fsp3) is 0.471. The van der Waals surface area contributed by atoms with Crippen molar-refractivity contribution >= 4 is 23.5 Å². The number of nitro benzene ring substituents is 1. The Kier molecular flexibility index (Phi) is 6.83. The molecule has 1 heterocycles. The molecule has 0 unspecified atom stereocenters. The molecule has 27 heavy (non-hydrogen) atoms. The number of non-ortho nitro benzene ring substituents is 1. The van der Waals surface area contributed by atoms with E-state index in [1.165, 1.54) is 18.2 Å². The Morgan fingerprint density at radius 2 is 1.96 bits per heavy atom. The van der Waals surface area contributed by atoms with Gasteiger partial charge in [0.15, 0.2) is 6.61 Å². The zero-order valence-electron chi connectivity index (χ0n) is 15.0. The highest BCUT2D eigenvalue weighted by atomic mass is 16.6. The largest absolute Gasteiger partial charge is 0.454 e. The summed E-state index contributed by atoms with van der Waals surface area (Å²) < 4.78 is 10.4. The van der Waals surface area contributed by atoms with Gasteiger partial charge in [-0.3, -0.25) is 24.5 Å². The number of rotatable bonds is 6. The van der Waals surface area contributed by atoms with Gasteiger partial charge in [0.1, 0.15) is 6.54 Å². The average molecular weight is 379 g/mol. The van der Waals surface area contributed by atoms with Crippen molar-refractivity contribution in [2.24, 2.45) is 0 Å². The molecule has 2 atom stereocenters. The molecule has 146 valence electrons. The maximum Gasteiger partial charge on any atom is 0.325 e. The van der Waals surface area contributed by atoms with Crippen molar-refractivity contribution in [3.8, 4) is 0 Å². The van der Waals surface area contributed by atoms with E-state index in [-0.39, 0.29) is 29.4 Å². The van der Waals surface area contributed by atoms with Crippen LogP contribution < -0.4 is 5.32 Å². The summed E-state index contributed by atoms with van der Waals surface area (Å²) in [5.41, 5.74) is -0.186. The third kappa shape index (κ3) is 6.03. The molecular weight excluding hydrogens is 358 g/mol. The minimum atomic E-state index is -0.781. The molecule has 0 bridgehead atoms. The Morgan fingerprint density at radius 1 is 1.30 bits per heavy atom. The Labute approximate surface area is 155 Å². The highest BCUT2D eigenvalue weighted by Gasteiger charge is 2.26. The molecule has 0 saturated carbocycles. The second-order valence-electron chi connectivity index (χ2n) is 6.21. The maximum absolute atomic E-state index is 12.1. The lowest BCUT2D eigenvalue weighted by atomic mass is 10.2. The number of hydrogen-bond acceptors (Lipinski definition) is 7. The minimum absolute atomic E-state index is 0.0457. The van der Waals surface area contributed by atoms with Crippen LogP contribution in [0.25, 0.3) is 0 Å². The van der Waals surface area contributed by atoms with Gasteiger partial charge in [-0.2, -0.15) is 0 Å². The number of benzene rings is 1. The summed E-state index contributed by atoms with van der Waals surface area (Å²) >= 11 is 0. The van der Waals surface area contributed by atoms with Gasteiger partial charge in [-0.15, -0.1) is 0 Å². The molecule has 1 aliphatic rings. The van der Waals surface area contributed by atoms with E-state index in [2.05, 4.69) is 5.32 Å². The first-order valence-electron chi connectivity index (χ1n) is 8.37. The Morgan fingerprint density at radius 3 is 2.59 bits per heavy atom. The maximum atomic E-state index is 12.1. The lowest BCUT2D eigenvalue weighted by Crippen LogP contribution is -2.49. The Hall–Kier alpha value is -3.01. The molecule has 0 aromatic heterocycles. The van der Waals surface area contributed by atoms with Crippen LogP contribution in [0.3, 0.4) is 0 Å². The highest BCUT2D eigenvalue weighted by Crippen LogP contribution is 2.13. The summed E-state index contributed by atoms with van der Waals surface area (Å²) in [7, 11) is 0. The molecule has 0 aliphatic carbocycles. The van der Waals surface area contributed by atoms with Gasteiger partial charge in [0.25, 0.3) is 17.5 Å². The van der Waals surface area contributed by atoms with Gasteiger partial charge < -0.3 is 19.7 Å². The van der Waals surface area contributed by atoms with Crippen molar-refractivity contribution in [1.82, 2.24) is 10.2 Å². The standard InChI is InChI=1S/C17H21N3O7/c1-11-8-19(9-12(2)27-11)15(21)10-26-16(22)7-18-17(23)13-4-3-5-14(6-13)20(24)25/h3-6,11-12H,7-10H2,1-2H3,(H,18,23)/t11-,12-/m0/s1. The molecule has 10 heteroatoms. The quantitative estimate of drug-likeness (QED) is 0.433. The average Bonchev–Trinajstić information content (AvgIpc) is 2.63. The topological polar surface area (TPSA) is 128 Å². The molecule has 1 saturated heterocycles. The number of carbonyl (C=O) groups excluding carboxylic acids is 3. The number of morpholine rings is 1. The van der Waals surface area contributed by atoms with E-state index in [9.17, 15) is 24.5 Å². The third-order valence-electron chi connectivity index (χ3n) is 3.84. The molecule has 1 aromatic carbocycles.